The monoisotopic (exact) mass is 228 g/mol. The molecule has 0 rings (SSSR count). The van der Waals surface area contributed by atoms with Crippen LogP contribution >= 0.6 is 0 Å². The van der Waals surface area contributed by atoms with E-state index in [0.717, 1.165) is 0 Å². The van der Waals surface area contributed by atoms with Crippen molar-refractivity contribution in [3.63, 3.8) is 0 Å². The number of hydrogen-bond donors (Lipinski definition) is 0. The highest BCUT2D eigenvalue weighted by molar-refractivity contribution is 7.90. The van der Waals surface area contributed by atoms with Crippen LogP contribution in [0.1, 0.15) is 0 Å². The Hall–Kier alpha value is -0.770. The fourth-order valence-corrected chi connectivity index (χ4v) is 0.657. The van der Waals surface area contributed by atoms with Crippen LogP contribution in [0.25, 0.3) is 0 Å². The summed E-state index contributed by atoms with van der Waals surface area (Å²) in [6.45, 7) is 0. The lowest BCUT2D eigenvalue weighted by molar-refractivity contribution is 0.0896. The van der Waals surface area contributed by atoms with Crippen molar-refractivity contribution in [3.05, 3.63) is 11.9 Å². The first-order valence-electron chi connectivity index (χ1n) is 2.33. The van der Waals surface area contributed by atoms with Crippen molar-refractivity contribution < 1.29 is 34.9 Å². The molecule has 0 heterocycles. The van der Waals surface area contributed by atoms with E-state index in [1.165, 1.54) is 0 Å². The fraction of sp³-hybridized carbons (Fsp3) is 0.333. The van der Waals surface area contributed by atoms with Gasteiger partial charge in [0.15, 0.2) is 0 Å². The van der Waals surface area contributed by atoms with E-state index in [1.807, 2.05) is 0 Å². The zero-order valence-electron chi connectivity index (χ0n) is 5.44. The van der Waals surface area contributed by atoms with Crippen LogP contribution in [-0.4, -0.2) is 13.7 Å². The van der Waals surface area contributed by atoms with Crippen molar-refractivity contribution in [2.24, 2.45) is 0 Å². The Morgan fingerprint density at radius 3 is 1.77 bits per heavy atom. The standard InChI is InChI=1S/C3F6NO2S/c4-1(2(5)6)3(7,8)13(11,12)10-9. The third-order valence-electron chi connectivity index (χ3n) is 0.836. The smallest absolute Gasteiger partial charge is 0.201 e. The molecule has 0 amide bonds. The minimum atomic E-state index is -6.23. The van der Waals surface area contributed by atoms with Crippen molar-refractivity contribution in [1.29, 1.82) is 0 Å². The maximum atomic E-state index is 12.0. The van der Waals surface area contributed by atoms with Gasteiger partial charge >= 0.3 is 21.4 Å². The van der Waals surface area contributed by atoms with Gasteiger partial charge < -0.3 is 0 Å². The van der Waals surface area contributed by atoms with E-state index in [0.29, 0.717) is 4.94 Å². The topological polar surface area (TPSA) is 48.2 Å². The summed E-state index contributed by atoms with van der Waals surface area (Å²) in [5.41, 5.74) is 0. The third kappa shape index (κ3) is 2.12. The second-order valence-electron chi connectivity index (χ2n) is 1.64. The lowest BCUT2D eigenvalue weighted by atomic mass is 10.6. The maximum absolute atomic E-state index is 12.0. The molecule has 77 valence electrons. The molecular formula is C3F6NO2S. The number of halogens is 6. The molecule has 0 fully saturated rings. The van der Waals surface area contributed by atoms with Gasteiger partial charge in [0.2, 0.25) is 0 Å². The van der Waals surface area contributed by atoms with Gasteiger partial charge in [-0.2, -0.15) is 22.0 Å². The molecule has 0 saturated carbocycles. The van der Waals surface area contributed by atoms with Gasteiger partial charge in [0.05, 0.1) is 4.94 Å². The lowest BCUT2D eigenvalue weighted by Gasteiger charge is -2.09. The molecule has 0 bridgehead atoms. The molecule has 1 radical (unpaired) electrons. The van der Waals surface area contributed by atoms with E-state index in [1.54, 1.807) is 0 Å². The number of nitrogens with zero attached hydrogens (tertiary/aromatic N) is 1. The molecule has 0 aliphatic heterocycles. The molecule has 3 nitrogen and oxygen atoms in total. The lowest BCUT2D eigenvalue weighted by Crippen LogP contribution is -2.33. The quantitative estimate of drug-likeness (QED) is 0.687. The summed E-state index contributed by atoms with van der Waals surface area (Å²) >= 11 is 0. The predicted octanol–water partition coefficient (Wildman–Crippen LogP) is 1.48. The molecule has 0 aromatic rings. The number of rotatable bonds is 3. The van der Waals surface area contributed by atoms with Crippen molar-refractivity contribution in [2.75, 3.05) is 0 Å². The Morgan fingerprint density at radius 2 is 1.54 bits per heavy atom. The first-order valence-corrected chi connectivity index (χ1v) is 3.77. The zero-order chi connectivity index (χ0) is 10.9. The van der Waals surface area contributed by atoms with Crippen LogP contribution < -0.4 is 4.94 Å². The summed E-state index contributed by atoms with van der Waals surface area (Å²) in [6.07, 6.45) is -3.56. The Bertz CT molecular complexity index is 317. The molecule has 0 spiro atoms. The Balaban J connectivity index is 5.36. The van der Waals surface area contributed by atoms with Gasteiger partial charge in [-0.15, -0.1) is 0 Å². The molecule has 13 heavy (non-hydrogen) atoms. The number of sulfonamides is 1. The van der Waals surface area contributed by atoms with Crippen LogP contribution in [0.2, 0.25) is 0 Å². The Kier molecular flexibility index (Phi) is 3.33. The minimum Gasteiger partial charge on any atom is -0.201 e. The average Bonchev–Trinajstić information content (AvgIpc) is 2.02. The Morgan fingerprint density at radius 1 is 1.15 bits per heavy atom. The SMILES string of the molecule is O=S(=O)([N]F)C(F)(F)C(F)=C(F)F. The van der Waals surface area contributed by atoms with Gasteiger partial charge in [-0.3, -0.25) is 0 Å². The van der Waals surface area contributed by atoms with E-state index in [4.69, 9.17) is 0 Å². The largest absolute Gasteiger partial charge is 0.418 e. The van der Waals surface area contributed by atoms with Crippen LogP contribution in [-0.2, 0) is 10.0 Å². The summed E-state index contributed by atoms with van der Waals surface area (Å²) in [7, 11) is -6.23. The van der Waals surface area contributed by atoms with Gasteiger partial charge in [-0.1, -0.05) is 4.48 Å². The van der Waals surface area contributed by atoms with Gasteiger partial charge in [0.1, 0.15) is 0 Å². The van der Waals surface area contributed by atoms with Crippen LogP contribution in [0, 0.1) is 0 Å². The summed E-state index contributed by atoms with van der Waals surface area (Å²) in [5.74, 6) is -3.55. The summed E-state index contributed by atoms with van der Waals surface area (Å²) in [5, 5.41) is -5.68. The van der Waals surface area contributed by atoms with Crippen molar-refractivity contribution in [2.45, 2.75) is 5.25 Å². The maximum Gasteiger partial charge on any atom is 0.418 e. The van der Waals surface area contributed by atoms with E-state index >= 15 is 0 Å². The molecule has 0 atom stereocenters. The average molecular weight is 228 g/mol. The summed E-state index contributed by atoms with van der Waals surface area (Å²) < 4.78 is 88.9. The number of hydrogen-bond acceptors (Lipinski definition) is 2. The van der Waals surface area contributed by atoms with Gasteiger partial charge in [-0.05, 0) is 0 Å². The second-order valence-corrected chi connectivity index (χ2v) is 3.24. The van der Waals surface area contributed by atoms with Crippen LogP contribution in [0.3, 0.4) is 0 Å². The highest BCUT2D eigenvalue weighted by Crippen LogP contribution is 2.34. The van der Waals surface area contributed by atoms with Gasteiger partial charge in [-0.25, -0.2) is 8.42 Å². The highest BCUT2D eigenvalue weighted by Gasteiger charge is 2.54. The first-order chi connectivity index (χ1) is 5.66. The van der Waals surface area contributed by atoms with E-state index in [9.17, 15) is 34.9 Å². The van der Waals surface area contributed by atoms with Crippen LogP contribution in [0.15, 0.2) is 11.9 Å². The van der Waals surface area contributed by atoms with Gasteiger partial charge in [0, 0.05) is 0 Å². The predicted molar refractivity (Wildman–Crippen MR) is 27.5 cm³/mol. The number of alkyl halides is 2. The van der Waals surface area contributed by atoms with Crippen molar-refractivity contribution >= 4 is 10.0 Å². The summed E-state index contributed by atoms with van der Waals surface area (Å²) in [6, 6.07) is 0. The normalized spacial score (nSPS) is 12.8. The minimum absolute atomic E-state index is 0.610. The molecule has 0 aliphatic rings. The summed E-state index contributed by atoms with van der Waals surface area (Å²) in [4.78, 5) is 0.610. The molecule has 0 unspecified atom stereocenters. The van der Waals surface area contributed by atoms with Crippen molar-refractivity contribution in [1.82, 2.24) is 4.94 Å². The molecule has 0 N–H and O–H groups in total. The first kappa shape index (κ1) is 12.2. The van der Waals surface area contributed by atoms with Crippen LogP contribution in [0.5, 0.6) is 0 Å². The van der Waals surface area contributed by atoms with Crippen molar-refractivity contribution in [3.8, 4) is 0 Å². The second kappa shape index (κ2) is 3.54. The molecule has 10 heteroatoms. The van der Waals surface area contributed by atoms with E-state index < -0.39 is 27.2 Å². The van der Waals surface area contributed by atoms with Gasteiger partial charge in [0.25, 0.3) is 5.83 Å². The highest BCUT2D eigenvalue weighted by atomic mass is 32.2. The fourth-order valence-electron chi connectivity index (χ4n) is 0.267. The van der Waals surface area contributed by atoms with E-state index in [2.05, 4.69) is 0 Å². The molecular weight excluding hydrogens is 228 g/mol. The van der Waals surface area contributed by atoms with Crippen LogP contribution in [0.4, 0.5) is 26.4 Å². The molecule has 0 saturated heterocycles. The molecule has 0 aliphatic carbocycles. The molecule has 0 aromatic heterocycles. The third-order valence-corrected chi connectivity index (χ3v) is 1.85. The zero-order valence-corrected chi connectivity index (χ0v) is 6.26. The van der Waals surface area contributed by atoms with E-state index in [-0.39, 0.29) is 0 Å². The Labute approximate surface area is 68.0 Å². The molecule has 0 aromatic carbocycles.